The Morgan fingerprint density at radius 1 is 1.15 bits per heavy atom. The van der Waals surface area contributed by atoms with Gasteiger partial charge in [-0.1, -0.05) is 35.9 Å². The van der Waals surface area contributed by atoms with E-state index in [0.717, 1.165) is 11.1 Å². The van der Waals surface area contributed by atoms with Crippen molar-refractivity contribution >= 4 is 27.5 Å². The molecule has 0 bridgehead atoms. The van der Waals surface area contributed by atoms with Crippen molar-refractivity contribution in [2.75, 3.05) is 18.1 Å². The first-order valence-electron chi connectivity index (χ1n) is 8.54. The van der Waals surface area contributed by atoms with Gasteiger partial charge in [-0.3, -0.25) is 4.79 Å². The molecule has 0 heterocycles. The zero-order chi connectivity index (χ0) is 19.7. The van der Waals surface area contributed by atoms with Gasteiger partial charge in [0.15, 0.2) is 9.84 Å². The van der Waals surface area contributed by atoms with E-state index >= 15 is 0 Å². The third kappa shape index (κ3) is 6.74. The molecule has 2 aromatic carbocycles. The molecule has 0 aliphatic heterocycles. The molecule has 142 valence electrons. The highest BCUT2D eigenvalue weighted by Gasteiger charge is 2.16. The fourth-order valence-corrected chi connectivity index (χ4v) is 4.48. The van der Waals surface area contributed by atoms with Gasteiger partial charge in [0.25, 0.3) is 0 Å². The largest absolute Gasteiger partial charge is 0.355 e. The third-order valence-electron chi connectivity index (χ3n) is 3.94. The first-order chi connectivity index (χ1) is 12.9. The van der Waals surface area contributed by atoms with Gasteiger partial charge in [-0.2, -0.15) is 17.0 Å². The van der Waals surface area contributed by atoms with Crippen LogP contribution in [0.15, 0.2) is 53.4 Å². The SMILES string of the molecule is Cc1ccc(S(=O)(=O)CCC(=O)NCCSCc2ccccc2C#N)cc1. The van der Waals surface area contributed by atoms with Gasteiger partial charge >= 0.3 is 0 Å². The van der Waals surface area contributed by atoms with E-state index in [-0.39, 0.29) is 23.0 Å². The lowest BCUT2D eigenvalue weighted by molar-refractivity contribution is -0.120. The van der Waals surface area contributed by atoms with Gasteiger partial charge in [0.05, 0.1) is 22.3 Å². The number of carbonyl (C=O) groups is 1. The van der Waals surface area contributed by atoms with Gasteiger partial charge in [0.1, 0.15) is 0 Å². The summed E-state index contributed by atoms with van der Waals surface area (Å²) < 4.78 is 24.5. The molecule has 0 unspecified atom stereocenters. The molecule has 2 rings (SSSR count). The molecule has 0 fully saturated rings. The van der Waals surface area contributed by atoms with Crippen molar-refractivity contribution in [1.82, 2.24) is 5.32 Å². The second-order valence-corrected chi connectivity index (χ2v) is 9.27. The number of aryl methyl sites for hydroxylation is 1. The molecule has 1 N–H and O–H groups in total. The minimum Gasteiger partial charge on any atom is -0.355 e. The molecule has 0 radical (unpaired) electrons. The molecule has 0 saturated carbocycles. The van der Waals surface area contributed by atoms with E-state index in [0.29, 0.717) is 23.6 Å². The minimum absolute atomic E-state index is 0.0574. The van der Waals surface area contributed by atoms with E-state index in [1.54, 1.807) is 42.1 Å². The van der Waals surface area contributed by atoms with Gasteiger partial charge in [-0.25, -0.2) is 8.42 Å². The molecule has 27 heavy (non-hydrogen) atoms. The minimum atomic E-state index is -3.45. The average Bonchev–Trinajstić information content (AvgIpc) is 2.67. The molecule has 0 atom stereocenters. The van der Waals surface area contributed by atoms with E-state index in [1.807, 2.05) is 25.1 Å². The molecule has 0 aromatic heterocycles. The van der Waals surface area contributed by atoms with Crippen LogP contribution in [0.3, 0.4) is 0 Å². The van der Waals surface area contributed by atoms with Crippen LogP contribution in [0.1, 0.15) is 23.1 Å². The van der Waals surface area contributed by atoms with E-state index in [2.05, 4.69) is 11.4 Å². The summed E-state index contributed by atoms with van der Waals surface area (Å²) in [5.74, 6) is 0.908. The second kappa shape index (κ2) is 10.1. The van der Waals surface area contributed by atoms with Crippen molar-refractivity contribution in [3.05, 3.63) is 65.2 Å². The molecule has 0 aliphatic carbocycles. The number of thioether (sulfide) groups is 1. The van der Waals surface area contributed by atoms with Crippen molar-refractivity contribution in [2.24, 2.45) is 0 Å². The summed E-state index contributed by atoms with van der Waals surface area (Å²) in [5.41, 5.74) is 2.62. The van der Waals surface area contributed by atoms with Gasteiger partial charge in [0, 0.05) is 24.5 Å². The quantitative estimate of drug-likeness (QED) is 0.651. The predicted octanol–water partition coefficient (Wildman–Crippen LogP) is 3.08. The monoisotopic (exact) mass is 402 g/mol. The molecular formula is C20H22N2O3S2. The number of hydrogen-bond donors (Lipinski definition) is 1. The summed E-state index contributed by atoms with van der Waals surface area (Å²) in [7, 11) is -3.45. The summed E-state index contributed by atoms with van der Waals surface area (Å²) in [5, 5.41) is 11.8. The maximum absolute atomic E-state index is 12.2. The van der Waals surface area contributed by atoms with Crippen LogP contribution < -0.4 is 5.32 Å². The Hall–Kier alpha value is -2.30. The van der Waals surface area contributed by atoms with Crippen molar-refractivity contribution in [3.8, 4) is 6.07 Å². The topological polar surface area (TPSA) is 87.0 Å². The van der Waals surface area contributed by atoms with Crippen LogP contribution in [0.4, 0.5) is 0 Å². The van der Waals surface area contributed by atoms with Crippen LogP contribution >= 0.6 is 11.8 Å². The highest BCUT2D eigenvalue weighted by atomic mass is 32.2. The lowest BCUT2D eigenvalue weighted by Gasteiger charge is -2.07. The van der Waals surface area contributed by atoms with Crippen LogP contribution in [0.25, 0.3) is 0 Å². The maximum atomic E-state index is 12.2. The second-order valence-electron chi connectivity index (χ2n) is 6.05. The van der Waals surface area contributed by atoms with Crippen LogP contribution in [0.2, 0.25) is 0 Å². The fourth-order valence-electron chi connectivity index (χ4n) is 2.38. The molecular weight excluding hydrogens is 380 g/mol. The lowest BCUT2D eigenvalue weighted by Crippen LogP contribution is -2.27. The predicted molar refractivity (Wildman–Crippen MR) is 108 cm³/mol. The number of hydrogen-bond acceptors (Lipinski definition) is 5. The molecule has 5 nitrogen and oxygen atoms in total. The molecule has 1 amide bonds. The first kappa shape index (κ1) is 21.0. The number of sulfone groups is 1. The standard InChI is InChI=1S/C20H22N2O3S2/c1-16-6-8-19(9-7-16)27(24,25)13-10-20(23)22-11-12-26-15-18-5-3-2-4-17(18)14-21/h2-9H,10-13,15H2,1H3,(H,22,23). The van der Waals surface area contributed by atoms with E-state index in [9.17, 15) is 13.2 Å². The Labute approximate surface area is 164 Å². The Morgan fingerprint density at radius 3 is 2.56 bits per heavy atom. The van der Waals surface area contributed by atoms with E-state index < -0.39 is 9.84 Å². The Bertz CT molecular complexity index is 917. The van der Waals surface area contributed by atoms with E-state index in [4.69, 9.17) is 5.26 Å². The Kier molecular flexibility index (Phi) is 7.89. The normalized spacial score (nSPS) is 11.0. The third-order valence-corrected chi connectivity index (χ3v) is 6.68. The molecule has 0 spiro atoms. The van der Waals surface area contributed by atoms with E-state index in [1.165, 1.54) is 0 Å². The number of benzene rings is 2. The molecule has 0 saturated heterocycles. The van der Waals surface area contributed by atoms with Crippen LogP contribution in [0.5, 0.6) is 0 Å². The zero-order valence-corrected chi connectivity index (χ0v) is 16.8. The van der Waals surface area contributed by atoms with Crippen molar-refractivity contribution in [3.63, 3.8) is 0 Å². The summed E-state index contributed by atoms with van der Waals surface area (Å²) in [6, 6.07) is 16.2. The number of amides is 1. The summed E-state index contributed by atoms with van der Waals surface area (Å²) in [6.07, 6.45) is -0.0574. The number of rotatable bonds is 9. The first-order valence-corrected chi connectivity index (χ1v) is 11.3. The van der Waals surface area contributed by atoms with Crippen LogP contribution in [-0.2, 0) is 20.4 Å². The highest BCUT2D eigenvalue weighted by molar-refractivity contribution is 7.98. The molecule has 2 aromatic rings. The summed E-state index contributed by atoms with van der Waals surface area (Å²) in [6.45, 7) is 2.35. The van der Waals surface area contributed by atoms with Gasteiger partial charge < -0.3 is 5.32 Å². The smallest absolute Gasteiger partial charge is 0.221 e. The fraction of sp³-hybridized carbons (Fsp3) is 0.300. The van der Waals surface area contributed by atoms with Crippen LogP contribution in [-0.4, -0.2) is 32.4 Å². The van der Waals surface area contributed by atoms with Crippen molar-refractivity contribution in [1.29, 1.82) is 5.26 Å². The molecule has 7 heteroatoms. The lowest BCUT2D eigenvalue weighted by atomic mass is 10.1. The number of carbonyl (C=O) groups excluding carboxylic acids is 1. The number of nitrogens with one attached hydrogen (secondary N) is 1. The summed E-state index contributed by atoms with van der Waals surface area (Å²) in [4.78, 5) is 12.1. The highest BCUT2D eigenvalue weighted by Crippen LogP contribution is 2.16. The van der Waals surface area contributed by atoms with Crippen molar-refractivity contribution in [2.45, 2.75) is 24.0 Å². The number of nitrogens with zero attached hydrogens (tertiary/aromatic N) is 1. The van der Waals surface area contributed by atoms with Gasteiger partial charge in [-0.15, -0.1) is 0 Å². The number of nitriles is 1. The maximum Gasteiger partial charge on any atom is 0.221 e. The van der Waals surface area contributed by atoms with Gasteiger partial charge in [0.2, 0.25) is 5.91 Å². The average molecular weight is 403 g/mol. The van der Waals surface area contributed by atoms with Crippen LogP contribution in [0, 0.1) is 18.3 Å². The Morgan fingerprint density at radius 2 is 1.85 bits per heavy atom. The zero-order valence-electron chi connectivity index (χ0n) is 15.1. The Balaban J connectivity index is 1.69. The van der Waals surface area contributed by atoms with Gasteiger partial charge in [-0.05, 0) is 30.7 Å². The molecule has 0 aliphatic rings. The van der Waals surface area contributed by atoms with Crippen molar-refractivity contribution < 1.29 is 13.2 Å². The summed E-state index contributed by atoms with van der Waals surface area (Å²) >= 11 is 1.62.